The molecule has 4 atom stereocenters. The van der Waals surface area contributed by atoms with E-state index in [0.717, 1.165) is 25.8 Å². The van der Waals surface area contributed by atoms with Crippen molar-refractivity contribution in [2.75, 3.05) is 4.90 Å². The van der Waals surface area contributed by atoms with Gasteiger partial charge in [0.15, 0.2) is 5.78 Å². The largest absolute Gasteiger partial charge is 0.297 e. The molecule has 2 bridgehead atoms. The molecule has 2 fully saturated rings. The molecule has 2 aliphatic carbocycles. The number of nitrogens with zero attached hydrogens (tertiary/aromatic N) is 1. The maximum absolute atomic E-state index is 15.9. The number of rotatable bonds is 5. The molecule has 0 aromatic heterocycles. The number of Topliss-reactive ketones (excluding diaryl/α,β-unsaturated/α-hetero) is 1. The molecule has 224 valence electrons. The SMILES string of the molecule is O=C1[C@H]2[C@H](C(=O)N1c1ccc(I)cc1)[C@@]1(c3ccc(Cl)cc3)C(=O)[C@@]2(c2ccc(Cl)cc2)C(c2ccccc2)=C1c1ccccc1. The fourth-order valence-electron chi connectivity index (χ4n) is 8.20. The number of fused-ring (bicyclic) bond motifs is 5. The third-order valence-corrected chi connectivity index (χ3v) is 11.0. The number of carbonyl (C=O) groups excluding carboxylic acids is 3. The Kier molecular flexibility index (Phi) is 6.87. The first-order chi connectivity index (χ1) is 22.3. The van der Waals surface area contributed by atoms with Crippen LogP contribution in [-0.4, -0.2) is 17.6 Å². The molecule has 5 aromatic rings. The smallest absolute Gasteiger partial charge is 0.239 e. The van der Waals surface area contributed by atoms with Gasteiger partial charge in [-0.25, -0.2) is 4.90 Å². The number of hydrogen-bond acceptors (Lipinski definition) is 3. The number of ketones is 1. The van der Waals surface area contributed by atoms with E-state index in [-0.39, 0.29) is 5.78 Å². The van der Waals surface area contributed by atoms with Crippen molar-refractivity contribution in [1.29, 1.82) is 0 Å². The predicted molar refractivity (Wildman–Crippen MR) is 190 cm³/mol. The molecule has 7 heteroatoms. The summed E-state index contributed by atoms with van der Waals surface area (Å²) in [7, 11) is 0. The quantitative estimate of drug-likeness (QED) is 0.133. The minimum absolute atomic E-state index is 0.193. The maximum Gasteiger partial charge on any atom is 0.239 e. The number of allylic oxidation sites excluding steroid dienone is 2. The van der Waals surface area contributed by atoms with Gasteiger partial charge in [-0.15, -0.1) is 0 Å². The Morgan fingerprint density at radius 1 is 0.522 bits per heavy atom. The fraction of sp³-hybridized carbons (Fsp3) is 0.103. The van der Waals surface area contributed by atoms with Crippen molar-refractivity contribution in [2.24, 2.45) is 11.8 Å². The Hall–Kier alpha value is -4.04. The number of benzene rings is 5. The summed E-state index contributed by atoms with van der Waals surface area (Å²) in [6, 6.07) is 41.1. The van der Waals surface area contributed by atoms with Crippen molar-refractivity contribution in [3.63, 3.8) is 0 Å². The highest BCUT2D eigenvalue weighted by molar-refractivity contribution is 14.1. The highest BCUT2D eigenvalue weighted by atomic mass is 127. The van der Waals surface area contributed by atoms with Gasteiger partial charge in [0.25, 0.3) is 0 Å². The Balaban J connectivity index is 1.56. The van der Waals surface area contributed by atoms with Crippen LogP contribution in [0.2, 0.25) is 10.0 Å². The number of amides is 2. The lowest BCUT2D eigenvalue weighted by Gasteiger charge is -2.39. The van der Waals surface area contributed by atoms with Crippen molar-refractivity contribution < 1.29 is 14.4 Å². The van der Waals surface area contributed by atoms with E-state index in [0.29, 0.717) is 26.9 Å². The van der Waals surface area contributed by atoms with E-state index in [1.165, 1.54) is 4.90 Å². The van der Waals surface area contributed by atoms with Gasteiger partial charge in [0.1, 0.15) is 0 Å². The Bertz CT molecular complexity index is 1950. The molecule has 8 rings (SSSR count). The summed E-state index contributed by atoms with van der Waals surface area (Å²) < 4.78 is 0.977. The Morgan fingerprint density at radius 3 is 1.30 bits per heavy atom. The van der Waals surface area contributed by atoms with Gasteiger partial charge in [-0.3, -0.25) is 14.4 Å². The van der Waals surface area contributed by atoms with Crippen molar-refractivity contribution in [3.8, 4) is 0 Å². The van der Waals surface area contributed by atoms with Gasteiger partial charge >= 0.3 is 0 Å². The highest BCUT2D eigenvalue weighted by Gasteiger charge is 2.82. The van der Waals surface area contributed by atoms with Gasteiger partial charge in [-0.05, 0) is 105 Å². The van der Waals surface area contributed by atoms with E-state index in [9.17, 15) is 9.59 Å². The second kappa shape index (κ2) is 10.8. The van der Waals surface area contributed by atoms with Crippen LogP contribution in [0, 0.1) is 15.4 Å². The monoisotopic (exact) mass is 751 g/mol. The van der Waals surface area contributed by atoms with E-state index < -0.39 is 34.5 Å². The Morgan fingerprint density at radius 2 is 0.913 bits per heavy atom. The molecule has 1 saturated heterocycles. The first kappa shape index (κ1) is 29.4. The lowest BCUT2D eigenvalue weighted by Crippen LogP contribution is -2.45. The van der Waals surface area contributed by atoms with Crippen molar-refractivity contribution in [3.05, 3.63) is 169 Å². The molecule has 1 aliphatic heterocycles. The van der Waals surface area contributed by atoms with Crippen molar-refractivity contribution in [2.45, 2.75) is 10.8 Å². The summed E-state index contributed by atoms with van der Waals surface area (Å²) in [5.74, 6) is -2.99. The van der Waals surface area contributed by atoms with E-state index in [4.69, 9.17) is 23.2 Å². The molecule has 0 N–H and O–H groups in total. The van der Waals surface area contributed by atoms with Crippen LogP contribution in [0.4, 0.5) is 5.69 Å². The molecule has 1 heterocycles. The molecule has 5 aromatic carbocycles. The van der Waals surface area contributed by atoms with Crippen LogP contribution < -0.4 is 4.90 Å². The number of anilines is 1. The van der Waals surface area contributed by atoms with E-state index in [1.54, 1.807) is 36.4 Å². The number of halogens is 3. The topological polar surface area (TPSA) is 54.5 Å². The van der Waals surface area contributed by atoms with Gasteiger partial charge in [-0.2, -0.15) is 0 Å². The molecule has 4 nitrogen and oxygen atoms in total. The second-order valence-electron chi connectivity index (χ2n) is 11.9. The van der Waals surface area contributed by atoms with Crippen LogP contribution in [0.5, 0.6) is 0 Å². The van der Waals surface area contributed by atoms with Crippen LogP contribution in [0.15, 0.2) is 133 Å². The third-order valence-electron chi connectivity index (χ3n) is 9.80. The Labute approximate surface area is 289 Å². The standard InChI is InChI=1S/C39H24Cl2INO3/c40-27-15-11-25(12-16-27)38-31(23-7-3-1-4-8-23)32(24-9-5-2-6-10-24)39(37(38)46,26-13-17-28(41)18-14-26)34-33(38)35(44)43(36(34)45)30-21-19-29(42)20-22-30/h1-22,33-34H/t33-,34-,38+,39+/m1/s1. The van der Waals surface area contributed by atoms with Gasteiger partial charge in [0.05, 0.1) is 28.4 Å². The zero-order valence-electron chi connectivity index (χ0n) is 24.2. The summed E-state index contributed by atoms with van der Waals surface area (Å²) >= 11 is 15.0. The molecule has 3 aliphatic rings. The molecule has 0 unspecified atom stereocenters. The second-order valence-corrected chi connectivity index (χ2v) is 14.0. The van der Waals surface area contributed by atoms with E-state index in [2.05, 4.69) is 22.6 Å². The van der Waals surface area contributed by atoms with Crippen molar-refractivity contribution in [1.82, 2.24) is 0 Å². The lowest BCUT2D eigenvalue weighted by molar-refractivity contribution is -0.130. The molecule has 46 heavy (non-hydrogen) atoms. The van der Waals surface area contributed by atoms with E-state index >= 15 is 4.79 Å². The first-order valence-corrected chi connectivity index (χ1v) is 16.7. The minimum atomic E-state index is -1.49. The first-order valence-electron chi connectivity index (χ1n) is 14.9. The molecule has 0 spiro atoms. The molecule has 0 radical (unpaired) electrons. The van der Waals surface area contributed by atoms with Gasteiger partial charge in [0.2, 0.25) is 11.8 Å². The minimum Gasteiger partial charge on any atom is -0.297 e. The zero-order valence-corrected chi connectivity index (χ0v) is 27.8. The molecule has 1 saturated carbocycles. The molecular weight excluding hydrogens is 728 g/mol. The van der Waals surface area contributed by atoms with E-state index in [1.807, 2.05) is 97.1 Å². The molecule has 2 amide bonds. The van der Waals surface area contributed by atoms with Crippen LogP contribution in [-0.2, 0) is 25.2 Å². The van der Waals surface area contributed by atoms with Crippen LogP contribution in [0.25, 0.3) is 11.1 Å². The number of carbonyl (C=O) groups is 3. The lowest BCUT2D eigenvalue weighted by atomic mass is 9.59. The zero-order chi connectivity index (χ0) is 31.8. The average Bonchev–Trinajstić information content (AvgIpc) is 3.58. The third kappa shape index (κ3) is 3.82. The van der Waals surface area contributed by atoms with Crippen LogP contribution >= 0.6 is 45.8 Å². The maximum atomic E-state index is 15.9. The summed E-state index contributed by atoms with van der Waals surface area (Å²) in [5.41, 5.74) is 1.83. The normalized spacial score (nSPS) is 25.0. The summed E-state index contributed by atoms with van der Waals surface area (Å²) in [6.45, 7) is 0. The van der Waals surface area contributed by atoms with Crippen LogP contribution in [0.3, 0.4) is 0 Å². The predicted octanol–water partition coefficient (Wildman–Crippen LogP) is 8.79. The molecular formula is C39H24Cl2INO3. The van der Waals surface area contributed by atoms with Gasteiger partial charge < -0.3 is 0 Å². The summed E-state index contributed by atoms with van der Waals surface area (Å²) in [6.07, 6.45) is 0. The average molecular weight is 752 g/mol. The van der Waals surface area contributed by atoms with Crippen molar-refractivity contribution >= 4 is 80.2 Å². The number of imide groups is 1. The van der Waals surface area contributed by atoms with Gasteiger partial charge in [-0.1, -0.05) is 108 Å². The van der Waals surface area contributed by atoms with Gasteiger partial charge in [0, 0.05) is 13.6 Å². The number of hydrogen-bond donors (Lipinski definition) is 0. The van der Waals surface area contributed by atoms with Crippen LogP contribution in [0.1, 0.15) is 22.3 Å². The summed E-state index contributed by atoms with van der Waals surface area (Å²) in [5, 5.41) is 1.01. The highest BCUT2D eigenvalue weighted by Crippen LogP contribution is 2.74. The summed E-state index contributed by atoms with van der Waals surface area (Å²) in [4.78, 5) is 47.2. The fourth-order valence-corrected chi connectivity index (χ4v) is 8.81.